The Kier molecular flexibility index (Phi) is 5.83. The maximum absolute atomic E-state index is 11.7. The van der Waals surface area contributed by atoms with Gasteiger partial charge in [0.2, 0.25) is 0 Å². The van der Waals surface area contributed by atoms with Crippen LogP contribution < -0.4 is 5.32 Å². The van der Waals surface area contributed by atoms with E-state index in [4.69, 9.17) is 4.74 Å². The van der Waals surface area contributed by atoms with Crippen LogP contribution in [-0.4, -0.2) is 37.2 Å². The van der Waals surface area contributed by atoms with Crippen LogP contribution in [0, 0.1) is 0 Å². The van der Waals surface area contributed by atoms with Gasteiger partial charge in [0, 0.05) is 5.54 Å². The molecule has 0 radical (unpaired) electrons. The molecule has 106 valence electrons. The zero-order valence-electron chi connectivity index (χ0n) is 12.3. The van der Waals surface area contributed by atoms with E-state index in [0.717, 1.165) is 18.5 Å². The Balaban J connectivity index is 2.34. The van der Waals surface area contributed by atoms with Gasteiger partial charge in [-0.05, 0) is 46.5 Å². The molecule has 1 aromatic rings. The molecule has 0 unspecified atom stereocenters. The van der Waals surface area contributed by atoms with Gasteiger partial charge in [-0.2, -0.15) is 0 Å². The standard InChI is InChI=1S/C15H24N2O2/c1-15(2,10-11-17(3)4)16-14(18)19-12-13-8-6-5-7-9-13/h5-9H,10-12H2,1-4H3,(H,16,18). The van der Waals surface area contributed by atoms with E-state index in [1.54, 1.807) is 0 Å². The lowest BCUT2D eigenvalue weighted by Crippen LogP contribution is -2.45. The second-order valence-electron chi connectivity index (χ2n) is 5.62. The molecule has 0 saturated carbocycles. The molecule has 0 aliphatic heterocycles. The fraction of sp³-hybridized carbons (Fsp3) is 0.533. The van der Waals surface area contributed by atoms with Gasteiger partial charge >= 0.3 is 6.09 Å². The summed E-state index contributed by atoms with van der Waals surface area (Å²) in [6.07, 6.45) is 0.507. The number of amides is 1. The van der Waals surface area contributed by atoms with Gasteiger partial charge in [-0.25, -0.2) is 4.79 Å². The lowest BCUT2D eigenvalue weighted by atomic mass is 10.0. The molecular weight excluding hydrogens is 240 g/mol. The number of nitrogens with one attached hydrogen (secondary N) is 1. The van der Waals surface area contributed by atoms with Crippen molar-refractivity contribution in [3.63, 3.8) is 0 Å². The highest BCUT2D eigenvalue weighted by Gasteiger charge is 2.21. The minimum Gasteiger partial charge on any atom is -0.445 e. The number of hydrogen-bond acceptors (Lipinski definition) is 3. The molecule has 0 saturated heterocycles. The number of hydrogen-bond donors (Lipinski definition) is 1. The first-order valence-electron chi connectivity index (χ1n) is 6.53. The fourth-order valence-electron chi connectivity index (χ4n) is 1.60. The van der Waals surface area contributed by atoms with E-state index in [1.807, 2.05) is 58.3 Å². The summed E-state index contributed by atoms with van der Waals surface area (Å²) in [7, 11) is 4.04. The van der Waals surface area contributed by atoms with Gasteiger partial charge in [0.25, 0.3) is 0 Å². The first-order valence-corrected chi connectivity index (χ1v) is 6.53. The third kappa shape index (κ3) is 6.82. The highest BCUT2D eigenvalue weighted by atomic mass is 16.5. The Morgan fingerprint density at radius 1 is 1.26 bits per heavy atom. The Bertz CT molecular complexity index is 388. The van der Waals surface area contributed by atoms with Gasteiger partial charge in [0.1, 0.15) is 6.61 Å². The molecule has 19 heavy (non-hydrogen) atoms. The van der Waals surface area contributed by atoms with Crippen LogP contribution in [-0.2, 0) is 11.3 Å². The summed E-state index contributed by atoms with van der Waals surface area (Å²) >= 11 is 0. The molecule has 4 heteroatoms. The molecule has 1 aromatic carbocycles. The summed E-state index contributed by atoms with van der Waals surface area (Å²) in [6.45, 7) is 5.23. The predicted octanol–water partition coefficient (Wildman–Crippen LogP) is 2.64. The summed E-state index contributed by atoms with van der Waals surface area (Å²) < 4.78 is 5.21. The van der Waals surface area contributed by atoms with Gasteiger partial charge in [0.15, 0.2) is 0 Å². The molecule has 0 bridgehead atoms. The van der Waals surface area contributed by atoms with E-state index in [0.29, 0.717) is 6.61 Å². The van der Waals surface area contributed by atoms with Crippen LogP contribution >= 0.6 is 0 Å². The fourth-order valence-corrected chi connectivity index (χ4v) is 1.60. The Morgan fingerprint density at radius 2 is 1.89 bits per heavy atom. The van der Waals surface area contributed by atoms with Crippen molar-refractivity contribution in [2.24, 2.45) is 0 Å². The molecule has 0 spiro atoms. The molecule has 1 amide bonds. The van der Waals surface area contributed by atoms with Crippen LogP contribution in [0.2, 0.25) is 0 Å². The van der Waals surface area contributed by atoms with Crippen LogP contribution in [0.15, 0.2) is 30.3 Å². The van der Waals surface area contributed by atoms with Gasteiger partial charge in [-0.1, -0.05) is 30.3 Å². The number of rotatable bonds is 6. The zero-order valence-corrected chi connectivity index (χ0v) is 12.3. The summed E-state index contributed by atoms with van der Waals surface area (Å²) in [4.78, 5) is 13.8. The second kappa shape index (κ2) is 7.14. The quantitative estimate of drug-likeness (QED) is 0.859. The minimum atomic E-state index is -0.368. The molecule has 4 nitrogen and oxygen atoms in total. The normalized spacial score (nSPS) is 11.4. The van der Waals surface area contributed by atoms with E-state index in [1.165, 1.54) is 0 Å². The first-order chi connectivity index (χ1) is 8.89. The lowest BCUT2D eigenvalue weighted by Gasteiger charge is -2.27. The van der Waals surface area contributed by atoms with Crippen molar-refractivity contribution in [2.75, 3.05) is 20.6 Å². The highest BCUT2D eigenvalue weighted by molar-refractivity contribution is 5.68. The number of carbonyl (C=O) groups excluding carboxylic acids is 1. The van der Waals surface area contributed by atoms with Crippen LogP contribution in [0.5, 0.6) is 0 Å². The minimum absolute atomic E-state index is 0.266. The number of carbonyl (C=O) groups is 1. The van der Waals surface area contributed by atoms with E-state index in [2.05, 4.69) is 10.2 Å². The highest BCUT2D eigenvalue weighted by Crippen LogP contribution is 2.09. The molecule has 0 fully saturated rings. The topological polar surface area (TPSA) is 41.6 Å². The maximum Gasteiger partial charge on any atom is 0.407 e. The van der Waals surface area contributed by atoms with Crippen LogP contribution in [0.25, 0.3) is 0 Å². The Hall–Kier alpha value is -1.55. The van der Waals surface area contributed by atoms with Crippen molar-refractivity contribution in [3.05, 3.63) is 35.9 Å². The molecule has 0 atom stereocenters. The molecule has 1 N–H and O–H groups in total. The van der Waals surface area contributed by atoms with Crippen LogP contribution in [0.4, 0.5) is 4.79 Å². The molecule has 1 rings (SSSR count). The monoisotopic (exact) mass is 264 g/mol. The largest absolute Gasteiger partial charge is 0.445 e. The maximum atomic E-state index is 11.7. The second-order valence-corrected chi connectivity index (χ2v) is 5.62. The molecule has 0 heterocycles. The van der Waals surface area contributed by atoms with E-state index in [-0.39, 0.29) is 11.6 Å². The predicted molar refractivity (Wildman–Crippen MR) is 77.0 cm³/mol. The zero-order chi connectivity index (χ0) is 14.3. The van der Waals surface area contributed by atoms with E-state index >= 15 is 0 Å². The van der Waals surface area contributed by atoms with Crippen molar-refractivity contribution >= 4 is 6.09 Å². The van der Waals surface area contributed by atoms with Crippen LogP contribution in [0.3, 0.4) is 0 Å². The number of nitrogens with zero attached hydrogens (tertiary/aromatic N) is 1. The third-order valence-corrected chi connectivity index (χ3v) is 2.84. The molecule has 0 aliphatic rings. The summed E-state index contributed by atoms with van der Waals surface area (Å²) in [5.74, 6) is 0. The Labute approximate surface area is 115 Å². The average molecular weight is 264 g/mol. The third-order valence-electron chi connectivity index (χ3n) is 2.84. The van der Waals surface area contributed by atoms with Crippen LogP contribution in [0.1, 0.15) is 25.8 Å². The van der Waals surface area contributed by atoms with E-state index < -0.39 is 0 Å². The summed E-state index contributed by atoms with van der Waals surface area (Å²) in [5, 5.41) is 2.89. The van der Waals surface area contributed by atoms with Gasteiger partial charge in [-0.3, -0.25) is 0 Å². The van der Waals surface area contributed by atoms with Crippen molar-refractivity contribution in [1.82, 2.24) is 10.2 Å². The van der Waals surface area contributed by atoms with Gasteiger partial charge < -0.3 is 15.0 Å². The Morgan fingerprint density at radius 3 is 2.47 bits per heavy atom. The lowest BCUT2D eigenvalue weighted by molar-refractivity contribution is 0.127. The molecule has 0 aromatic heterocycles. The van der Waals surface area contributed by atoms with Gasteiger partial charge in [-0.15, -0.1) is 0 Å². The SMILES string of the molecule is CN(C)CCC(C)(C)NC(=O)OCc1ccccc1. The first kappa shape index (κ1) is 15.5. The number of ether oxygens (including phenoxy) is 1. The van der Waals surface area contributed by atoms with Gasteiger partial charge in [0.05, 0.1) is 0 Å². The van der Waals surface area contributed by atoms with Crippen molar-refractivity contribution in [2.45, 2.75) is 32.4 Å². The van der Waals surface area contributed by atoms with Crippen molar-refractivity contribution in [3.8, 4) is 0 Å². The van der Waals surface area contributed by atoms with E-state index in [9.17, 15) is 4.79 Å². The van der Waals surface area contributed by atoms with Crippen molar-refractivity contribution in [1.29, 1.82) is 0 Å². The summed E-state index contributed by atoms with van der Waals surface area (Å²) in [6, 6.07) is 9.66. The number of benzene rings is 1. The smallest absolute Gasteiger partial charge is 0.407 e. The average Bonchev–Trinajstić information content (AvgIpc) is 2.35. The molecular formula is C15H24N2O2. The number of alkyl carbamates (subject to hydrolysis) is 1. The molecule has 0 aliphatic carbocycles. The van der Waals surface area contributed by atoms with Crippen molar-refractivity contribution < 1.29 is 9.53 Å². The summed E-state index contributed by atoms with van der Waals surface area (Å²) in [5.41, 5.74) is 0.724.